The lowest BCUT2D eigenvalue weighted by Gasteiger charge is -2.26. The molecule has 1 fully saturated rings. The molecule has 0 unspecified atom stereocenters. The van der Waals surface area contributed by atoms with Crippen molar-refractivity contribution >= 4 is 5.91 Å². The standard InChI is InChI=1S/C15H17FN2O/c1-18(10-12-6-2-3-7-13(12)16)14(19)15(11-17)8-4-5-9-15/h2-3,6-7H,4-5,8-10H2,1H3. The van der Waals surface area contributed by atoms with Crippen LogP contribution in [0.1, 0.15) is 31.2 Å². The number of carbonyl (C=O) groups excluding carboxylic acids is 1. The first kappa shape index (κ1) is 13.5. The lowest BCUT2D eigenvalue weighted by atomic mass is 9.86. The first-order valence-corrected chi connectivity index (χ1v) is 6.49. The number of hydrogen-bond acceptors (Lipinski definition) is 2. The molecule has 0 bridgehead atoms. The number of carbonyl (C=O) groups is 1. The number of benzene rings is 1. The van der Waals surface area contributed by atoms with Gasteiger partial charge in [-0.3, -0.25) is 4.79 Å². The summed E-state index contributed by atoms with van der Waals surface area (Å²) in [5.74, 6) is -0.504. The Balaban J connectivity index is 2.12. The van der Waals surface area contributed by atoms with Crippen LogP contribution in [-0.4, -0.2) is 17.9 Å². The van der Waals surface area contributed by atoms with Crippen LogP contribution in [0.5, 0.6) is 0 Å². The van der Waals surface area contributed by atoms with Gasteiger partial charge in [-0.25, -0.2) is 4.39 Å². The molecule has 1 amide bonds. The highest BCUT2D eigenvalue weighted by molar-refractivity contribution is 5.85. The van der Waals surface area contributed by atoms with E-state index in [1.165, 1.54) is 11.0 Å². The maximum absolute atomic E-state index is 13.6. The van der Waals surface area contributed by atoms with Crippen molar-refractivity contribution in [3.8, 4) is 6.07 Å². The summed E-state index contributed by atoms with van der Waals surface area (Å²) in [7, 11) is 1.63. The molecule has 4 heteroatoms. The van der Waals surface area contributed by atoms with Crippen molar-refractivity contribution in [1.82, 2.24) is 4.90 Å². The van der Waals surface area contributed by atoms with Crippen LogP contribution in [0.4, 0.5) is 4.39 Å². The average Bonchev–Trinajstić information content (AvgIpc) is 2.90. The third-order valence-corrected chi connectivity index (χ3v) is 3.79. The van der Waals surface area contributed by atoms with E-state index in [9.17, 15) is 14.4 Å². The number of rotatable bonds is 3. The van der Waals surface area contributed by atoms with E-state index < -0.39 is 5.41 Å². The topological polar surface area (TPSA) is 44.1 Å². The Labute approximate surface area is 112 Å². The van der Waals surface area contributed by atoms with E-state index in [1.807, 2.05) is 0 Å². The molecule has 0 aromatic heterocycles. The number of nitrogens with zero attached hydrogens (tertiary/aromatic N) is 2. The Morgan fingerprint density at radius 1 is 1.42 bits per heavy atom. The molecule has 19 heavy (non-hydrogen) atoms. The van der Waals surface area contributed by atoms with E-state index in [-0.39, 0.29) is 18.3 Å². The van der Waals surface area contributed by atoms with Crippen LogP contribution in [0.15, 0.2) is 24.3 Å². The molecule has 1 aromatic rings. The summed E-state index contributed by atoms with van der Waals surface area (Å²) >= 11 is 0. The summed E-state index contributed by atoms with van der Waals surface area (Å²) in [6.45, 7) is 0.203. The highest BCUT2D eigenvalue weighted by Crippen LogP contribution is 2.39. The van der Waals surface area contributed by atoms with Gasteiger partial charge in [-0.05, 0) is 18.9 Å². The SMILES string of the molecule is CN(Cc1ccccc1F)C(=O)C1(C#N)CCCC1. The van der Waals surface area contributed by atoms with E-state index in [2.05, 4.69) is 6.07 Å². The first-order chi connectivity index (χ1) is 9.09. The van der Waals surface area contributed by atoms with Gasteiger partial charge in [-0.15, -0.1) is 0 Å². The van der Waals surface area contributed by atoms with Crippen LogP contribution in [0.2, 0.25) is 0 Å². The summed E-state index contributed by atoms with van der Waals surface area (Å²) in [6, 6.07) is 8.57. The second kappa shape index (κ2) is 5.40. The molecule has 0 atom stereocenters. The molecule has 1 aliphatic rings. The summed E-state index contributed by atoms with van der Waals surface area (Å²) in [5.41, 5.74) is -0.413. The fourth-order valence-corrected chi connectivity index (χ4v) is 2.67. The Kier molecular flexibility index (Phi) is 3.84. The van der Waals surface area contributed by atoms with Crippen LogP contribution in [0.25, 0.3) is 0 Å². The molecule has 0 radical (unpaired) electrons. The van der Waals surface area contributed by atoms with E-state index in [4.69, 9.17) is 0 Å². The molecule has 2 rings (SSSR count). The minimum atomic E-state index is -0.889. The monoisotopic (exact) mass is 260 g/mol. The number of hydrogen-bond donors (Lipinski definition) is 0. The zero-order valence-corrected chi connectivity index (χ0v) is 11.0. The molecular weight excluding hydrogens is 243 g/mol. The van der Waals surface area contributed by atoms with Gasteiger partial charge in [0.1, 0.15) is 11.2 Å². The van der Waals surface area contributed by atoms with Crippen molar-refractivity contribution in [3.05, 3.63) is 35.6 Å². The normalized spacial score (nSPS) is 16.9. The van der Waals surface area contributed by atoms with E-state index in [0.29, 0.717) is 18.4 Å². The third-order valence-electron chi connectivity index (χ3n) is 3.79. The fraction of sp³-hybridized carbons (Fsp3) is 0.467. The van der Waals surface area contributed by atoms with Crippen LogP contribution >= 0.6 is 0 Å². The molecule has 0 saturated heterocycles. The van der Waals surface area contributed by atoms with Crippen LogP contribution in [0, 0.1) is 22.6 Å². The highest BCUT2D eigenvalue weighted by atomic mass is 19.1. The van der Waals surface area contributed by atoms with E-state index >= 15 is 0 Å². The second-order valence-corrected chi connectivity index (χ2v) is 5.15. The number of nitriles is 1. The fourth-order valence-electron chi connectivity index (χ4n) is 2.67. The zero-order chi connectivity index (χ0) is 13.9. The highest BCUT2D eigenvalue weighted by Gasteiger charge is 2.43. The van der Waals surface area contributed by atoms with Crippen molar-refractivity contribution in [2.75, 3.05) is 7.05 Å². The predicted molar refractivity (Wildman–Crippen MR) is 69.4 cm³/mol. The first-order valence-electron chi connectivity index (χ1n) is 6.49. The van der Waals surface area contributed by atoms with Gasteiger partial charge in [0.05, 0.1) is 6.07 Å². The molecule has 100 valence electrons. The Morgan fingerprint density at radius 2 is 2.05 bits per heavy atom. The van der Waals surface area contributed by atoms with Gasteiger partial charge < -0.3 is 4.90 Å². The van der Waals surface area contributed by atoms with Crippen LogP contribution in [-0.2, 0) is 11.3 Å². The Hall–Kier alpha value is -1.89. The molecule has 0 aliphatic heterocycles. The van der Waals surface area contributed by atoms with Crippen molar-refractivity contribution in [2.45, 2.75) is 32.2 Å². The molecule has 1 aromatic carbocycles. The van der Waals surface area contributed by atoms with Gasteiger partial charge in [-0.1, -0.05) is 31.0 Å². The van der Waals surface area contributed by atoms with Gasteiger partial charge in [0, 0.05) is 19.2 Å². The Morgan fingerprint density at radius 3 is 2.63 bits per heavy atom. The lowest BCUT2D eigenvalue weighted by Crippen LogP contribution is -2.39. The minimum Gasteiger partial charge on any atom is -0.340 e. The zero-order valence-electron chi connectivity index (χ0n) is 11.0. The molecule has 0 spiro atoms. The van der Waals surface area contributed by atoms with Crippen molar-refractivity contribution in [3.63, 3.8) is 0 Å². The van der Waals surface area contributed by atoms with Gasteiger partial charge in [0.25, 0.3) is 0 Å². The maximum Gasteiger partial charge on any atom is 0.243 e. The summed E-state index contributed by atoms with van der Waals surface area (Å²) in [6.07, 6.45) is 3.05. The van der Waals surface area contributed by atoms with Crippen molar-refractivity contribution < 1.29 is 9.18 Å². The molecular formula is C15H17FN2O. The second-order valence-electron chi connectivity index (χ2n) is 5.15. The third kappa shape index (κ3) is 2.60. The van der Waals surface area contributed by atoms with E-state index in [1.54, 1.807) is 25.2 Å². The molecule has 1 saturated carbocycles. The Bertz CT molecular complexity index is 515. The van der Waals surface area contributed by atoms with Gasteiger partial charge in [0.15, 0.2) is 0 Å². The molecule has 1 aliphatic carbocycles. The smallest absolute Gasteiger partial charge is 0.243 e. The molecule has 3 nitrogen and oxygen atoms in total. The van der Waals surface area contributed by atoms with Gasteiger partial charge >= 0.3 is 0 Å². The van der Waals surface area contributed by atoms with Gasteiger partial charge in [-0.2, -0.15) is 5.26 Å². The quantitative estimate of drug-likeness (QED) is 0.838. The number of amides is 1. The predicted octanol–water partition coefficient (Wildman–Crippen LogP) is 2.87. The van der Waals surface area contributed by atoms with Crippen molar-refractivity contribution in [1.29, 1.82) is 5.26 Å². The number of halogens is 1. The van der Waals surface area contributed by atoms with Crippen LogP contribution in [0.3, 0.4) is 0 Å². The summed E-state index contributed by atoms with van der Waals surface area (Å²) in [4.78, 5) is 13.9. The van der Waals surface area contributed by atoms with Gasteiger partial charge in [0.2, 0.25) is 5.91 Å². The molecule has 0 N–H and O–H groups in total. The van der Waals surface area contributed by atoms with Crippen molar-refractivity contribution in [2.24, 2.45) is 5.41 Å². The average molecular weight is 260 g/mol. The van der Waals surface area contributed by atoms with Crippen LogP contribution < -0.4 is 0 Å². The summed E-state index contributed by atoms with van der Waals surface area (Å²) < 4.78 is 13.6. The lowest BCUT2D eigenvalue weighted by molar-refractivity contribution is -0.138. The minimum absolute atomic E-state index is 0.184. The van der Waals surface area contributed by atoms with E-state index in [0.717, 1.165) is 12.8 Å². The maximum atomic E-state index is 13.6. The largest absolute Gasteiger partial charge is 0.340 e. The summed E-state index contributed by atoms with van der Waals surface area (Å²) in [5, 5.41) is 9.28. The molecule has 0 heterocycles.